The van der Waals surface area contributed by atoms with Gasteiger partial charge in [-0.25, -0.2) is 4.99 Å². The van der Waals surface area contributed by atoms with Crippen LogP contribution in [0.1, 0.15) is 0 Å². The van der Waals surface area contributed by atoms with Crippen molar-refractivity contribution < 1.29 is 0 Å². The van der Waals surface area contributed by atoms with Gasteiger partial charge in [0.2, 0.25) is 0 Å². The fraction of sp³-hybridized carbons (Fsp3) is 0.0909. The fourth-order valence-electron chi connectivity index (χ4n) is 1.14. The molecule has 0 atom stereocenters. The molecule has 0 aromatic heterocycles. The van der Waals surface area contributed by atoms with Gasteiger partial charge in [0.05, 0.1) is 5.70 Å². The second-order valence-electron chi connectivity index (χ2n) is 2.98. The molecule has 0 amide bonds. The summed E-state index contributed by atoms with van der Waals surface area (Å²) < 4.78 is 0. The van der Waals surface area contributed by atoms with Gasteiger partial charge in [-0.3, -0.25) is 5.32 Å². The molecule has 3 N–H and O–H groups in total. The Morgan fingerprint density at radius 2 is 2.53 bits per heavy atom. The molecule has 0 spiro atoms. The molecule has 0 fully saturated rings. The van der Waals surface area contributed by atoms with E-state index in [1.807, 2.05) is 18.5 Å². The van der Waals surface area contributed by atoms with Crippen LogP contribution in [0.3, 0.4) is 0 Å². The molecule has 0 radical (unpaired) electrons. The Morgan fingerprint density at radius 3 is 3.06 bits per heavy atom. The predicted molar refractivity (Wildman–Crippen MR) is 71.2 cm³/mol. The number of nitrogens with one attached hydrogen (secondary N) is 1. The average Bonchev–Trinajstić information content (AvgIpc) is 2.32. The van der Waals surface area contributed by atoms with Gasteiger partial charge >= 0.3 is 0 Å². The number of allylic oxidation sites excluding steroid dienone is 2. The molecule has 0 unspecified atom stereocenters. The highest BCUT2D eigenvalue weighted by molar-refractivity contribution is 8.13. The van der Waals surface area contributed by atoms with Crippen molar-refractivity contribution in [1.29, 1.82) is 5.26 Å². The third-order valence-electron chi connectivity index (χ3n) is 1.89. The number of hydrogen-bond acceptors (Lipinski definition) is 5. The highest BCUT2D eigenvalue weighted by Gasteiger charge is 2.06. The molecule has 0 saturated heterocycles. The lowest BCUT2D eigenvalue weighted by Gasteiger charge is -2.19. The molecule has 17 heavy (non-hydrogen) atoms. The van der Waals surface area contributed by atoms with Crippen molar-refractivity contribution in [3.8, 4) is 6.19 Å². The predicted octanol–water partition coefficient (Wildman–Crippen LogP) is 1.43. The van der Waals surface area contributed by atoms with Gasteiger partial charge in [-0.15, -0.1) is 0 Å². The van der Waals surface area contributed by atoms with Gasteiger partial charge < -0.3 is 10.6 Å². The third kappa shape index (κ3) is 3.74. The third-order valence-corrected chi connectivity index (χ3v) is 2.47. The molecule has 0 aromatic rings. The molecular formula is C11H13N5S. The van der Waals surface area contributed by atoms with E-state index in [1.165, 1.54) is 18.0 Å². The lowest BCUT2D eigenvalue weighted by Crippen LogP contribution is -2.15. The molecule has 0 aliphatic carbocycles. The number of nitriles is 1. The van der Waals surface area contributed by atoms with Crippen LogP contribution in [0.15, 0.2) is 53.7 Å². The molecule has 1 aliphatic heterocycles. The van der Waals surface area contributed by atoms with Crippen LogP contribution < -0.4 is 11.1 Å². The van der Waals surface area contributed by atoms with Crippen LogP contribution in [0.4, 0.5) is 0 Å². The molecule has 6 heteroatoms. The fourth-order valence-corrected chi connectivity index (χ4v) is 1.49. The number of aliphatic imine (C=N–C) groups is 1. The number of rotatable bonds is 2. The largest absolute Gasteiger partial charge is 0.403 e. The minimum atomic E-state index is 0.541. The van der Waals surface area contributed by atoms with Crippen LogP contribution in [-0.4, -0.2) is 16.3 Å². The van der Waals surface area contributed by atoms with Crippen LogP contribution in [0.2, 0.25) is 0 Å². The lowest BCUT2D eigenvalue weighted by atomic mass is 10.2. The van der Waals surface area contributed by atoms with Crippen molar-refractivity contribution >= 4 is 16.9 Å². The summed E-state index contributed by atoms with van der Waals surface area (Å²) in [5.74, 6) is 0. The van der Waals surface area contributed by atoms with E-state index in [2.05, 4.69) is 16.9 Å². The first-order valence-corrected chi connectivity index (χ1v) is 5.97. The van der Waals surface area contributed by atoms with Crippen molar-refractivity contribution in [3.05, 3.63) is 48.7 Å². The van der Waals surface area contributed by atoms with Gasteiger partial charge in [-0.2, -0.15) is 5.26 Å². The van der Waals surface area contributed by atoms with Gasteiger partial charge in [0.25, 0.3) is 0 Å². The number of amidine groups is 1. The van der Waals surface area contributed by atoms with Crippen molar-refractivity contribution in [1.82, 2.24) is 10.2 Å². The normalized spacial score (nSPS) is 16.0. The molecule has 5 nitrogen and oxygen atoms in total. The summed E-state index contributed by atoms with van der Waals surface area (Å²) in [6.07, 6.45) is 12.2. The van der Waals surface area contributed by atoms with Crippen molar-refractivity contribution in [2.24, 2.45) is 10.7 Å². The molecule has 88 valence electrons. The number of nitrogens with zero attached hydrogens (tertiary/aromatic N) is 3. The summed E-state index contributed by atoms with van der Waals surface area (Å²) in [5.41, 5.74) is 6.78. The molecular weight excluding hydrogens is 234 g/mol. The van der Waals surface area contributed by atoms with E-state index in [9.17, 15) is 0 Å². The van der Waals surface area contributed by atoms with E-state index in [0.717, 1.165) is 11.4 Å². The summed E-state index contributed by atoms with van der Waals surface area (Å²) in [4.78, 5) is 6.04. The maximum absolute atomic E-state index is 8.52. The quantitative estimate of drug-likeness (QED) is 0.334. The Bertz CT molecular complexity index is 453. The average molecular weight is 247 g/mol. The second kappa shape index (κ2) is 6.45. The van der Waals surface area contributed by atoms with Gasteiger partial charge in [-0.05, 0) is 18.4 Å². The monoisotopic (exact) mass is 247 g/mol. The summed E-state index contributed by atoms with van der Waals surface area (Å²) in [5, 5.41) is 11.6. The molecule has 0 bridgehead atoms. The van der Waals surface area contributed by atoms with E-state index < -0.39 is 0 Å². The van der Waals surface area contributed by atoms with E-state index in [4.69, 9.17) is 11.0 Å². The van der Waals surface area contributed by atoms with E-state index in [1.54, 1.807) is 23.4 Å². The molecule has 1 aliphatic rings. The van der Waals surface area contributed by atoms with Gasteiger partial charge in [0, 0.05) is 24.3 Å². The SMILES string of the molecule is C=C1C=C(N=C(NC#N)SC)C=CN1/C=C\N. The minimum Gasteiger partial charge on any atom is -0.403 e. The summed E-state index contributed by atoms with van der Waals surface area (Å²) in [6.45, 7) is 3.87. The zero-order valence-corrected chi connectivity index (χ0v) is 10.2. The summed E-state index contributed by atoms with van der Waals surface area (Å²) >= 11 is 1.36. The van der Waals surface area contributed by atoms with Crippen molar-refractivity contribution in [2.75, 3.05) is 6.26 Å². The van der Waals surface area contributed by atoms with Crippen molar-refractivity contribution in [2.45, 2.75) is 0 Å². The Balaban J connectivity index is 2.84. The van der Waals surface area contributed by atoms with Crippen LogP contribution in [0.5, 0.6) is 0 Å². The lowest BCUT2D eigenvalue weighted by molar-refractivity contribution is 0.643. The topological polar surface area (TPSA) is 77.4 Å². The Kier molecular flexibility index (Phi) is 4.91. The zero-order valence-electron chi connectivity index (χ0n) is 9.42. The maximum Gasteiger partial charge on any atom is 0.183 e. The van der Waals surface area contributed by atoms with Crippen LogP contribution in [0, 0.1) is 11.5 Å². The summed E-state index contributed by atoms with van der Waals surface area (Å²) in [7, 11) is 0. The molecule has 0 aromatic carbocycles. The van der Waals surface area contributed by atoms with Crippen LogP contribution in [-0.2, 0) is 0 Å². The first kappa shape index (κ1) is 12.9. The highest BCUT2D eigenvalue weighted by atomic mass is 32.2. The first-order chi connectivity index (χ1) is 8.21. The van der Waals surface area contributed by atoms with Gasteiger partial charge in [-0.1, -0.05) is 18.3 Å². The zero-order chi connectivity index (χ0) is 12.7. The van der Waals surface area contributed by atoms with E-state index >= 15 is 0 Å². The Morgan fingerprint density at radius 1 is 1.76 bits per heavy atom. The van der Waals surface area contributed by atoms with Crippen LogP contribution >= 0.6 is 11.8 Å². The second-order valence-corrected chi connectivity index (χ2v) is 3.78. The van der Waals surface area contributed by atoms with Gasteiger partial charge in [0.15, 0.2) is 11.4 Å². The van der Waals surface area contributed by atoms with Crippen molar-refractivity contribution in [3.63, 3.8) is 0 Å². The van der Waals surface area contributed by atoms with E-state index in [0.29, 0.717) is 5.17 Å². The number of thioether (sulfide) groups is 1. The Labute approximate surface area is 105 Å². The highest BCUT2D eigenvalue weighted by Crippen LogP contribution is 2.17. The smallest absolute Gasteiger partial charge is 0.183 e. The molecule has 0 saturated carbocycles. The van der Waals surface area contributed by atoms with E-state index in [-0.39, 0.29) is 0 Å². The van der Waals surface area contributed by atoms with Crippen LogP contribution in [0.25, 0.3) is 0 Å². The minimum absolute atomic E-state index is 0.541. The number of nitrogens with two attached hydrogens (primary N) is 1. The summed E-state index contributed by atoms with van der Waals surface area (Å²) in [6, 6.07) is 0. The number of hydrogen-bond donors (Lipinski definition) is 2. The molecule has 1 rings (SSSR count). The Hall–Kier alpha value is -2.13. The first-order valence-electron chi connectivity index (χ1n) is 4.74. The maximum atomic E-state index is 8.52. The standard InChI is InChI=1S/C11H13N5S/c1-9-7-10(3-5-16(9)6-4-12)15-11(17-2)14-8-13/h3-7H,1,12H2,2H3,(H,14,15)/b6-4-. The molecule has 1 heterocycles. The van der Waals surface area contributed by atoms with Gasteiger partial charge in [0.1, 0.15) is 0 Å².